The molecule has 0 atom stereocenters. The van der Waals surface area contributed by atoms with Crippen LogP contribution < -0.4 is 5.43 Å². The second kappa shape index (κ2) is 6.63. The molecule has 0 heterocycles. The summed E-state index contributed by atoms with van der Waals surface area (Å²) in [5.41, 5.74) is 2.64. The fourth-order valence-electron chi connectivity index (χ4n) is 1.37. The van der Waals surface area contributed by atoms with Crippen LogP contribution in [-0.4, -0.2) is 36.2 Å². The van der Waals surface area contributed by atoms with E-state index in [0.29, 0.717) is 17.9 Å². The lowest BCUT2D eigenvalue weighted by Gasteiger charge is -2.20. The van der Waals surface area contributed by atoms with Gasteiger partial charge in [-0.3, -0.25) is 10.2 Å². The minimum absolute atomic E-state index is 0.114. The molecule has 0 fully saturated rings. The van der Waals surface area contributed by atoms with Crippen LogP contribution >= 0.6 is 0 Å². The van der Waals surface area contributed by atoms with E-state index in [-0.39, 0.29) is 24.7 Å². The molecular formula is C11H16N2O5. The molecule has 7 heteroatoms. The Bertz CT molecular complexity index is 360. The number of hydrogen-bond donors (Lipinski definition) is 1. The van der Waals surface area contributed by atoms with Crippen LogP contribution in [0.5, 0.6) is 0 Å². The van der Waals surface area contributed by atoms with Gasteiger partial charge in [-0.25, -0.2) is 9.59 Å². The van der Waals surface area contributed by atoms with E-state index in [1.165, 1.54) is 0 Å². The van der Waals surface area contributed by atoms with E-state index in [9.17, 15) is 14.4 Å². The Morgan fingerprint density at radius 2 is 1.83 bits per heavy atom. The standard InChI is InChI=1S/C11H16N2O5/c1-3-17-10(15)13(11(16)18-4-2)12-8-6-5-7-9(8)14/h6,12H,3-5,7H2,1-2H3. The molecule has 0 saturated carbocycles. The van der Waals surface area contributed by atoms with Crippen molar-refractivity contribution in [3.05, 3.63) is 11.8 Å². The number of nitrogens with one attached hydrogen (secondary N) is 1. The van der Waals surface area contributed by atoms with Crippen LogP contribution in [0.1, 0.15) is 26.7 Å². The summed E-state index contributed by atoms with van der Waals surface area (Å²) < 4.78 is 9.40. The predicted molar refractivity (Wildman–Crippen MR) is 61.3 cm³/mol. The molecular weight excluding hydrogens is 240 g/mol. The smallest absolute Gasteiger partial charge is 0.438 e. The van der Waals surface area contributed by atoms with Gasteiger partial charge in [0.05, 0.1) is 18.9 Å². The van der Waals surface area contributed by atoms with E-state index in [1.807, 2.05) is 0 Å². The van der Waals surface area contributed by atoms with Crippen LogP contribution in [0.25, 0.3) is 0 Å². The number of imide groups is 1. The highest BCUT2D eigenvalue weighted by Gasteiger charge is 2.28. The van der Waals surface area contributed by atoms with E-state index in [0.717, 1.165) is 0 Å². The number of nitrogens with zero attached hydrogens (tertiary/aromatic N) is 1. The highest BCUT2D eigenvalue weighted by molar-refractivity contribution is 5.98. The van der Waals surface area contributed by atoms with Gasteiger partial charge in [0.2, 0.25) is 0 Å². The van der Waals surface area contributed by atoms with Gasteiger partial charge < -0.3 is 9.47 Å². The number of ether oxygens (including phenoxy) is 2. The molecule has 1 N–H and O–H groups in total. The van der Waals surface area contributed by atoms with Crippen molar-refractivity contribution in [2.75, 3.05) is 13.2 Å². The van der Waals surface area contributed by atoms with Gasteiger partial charge in [0.1, 0.15) is 0 Å². The maximum absolute atomic E-state index is 11.6. The number of carbonyl (C=O) groups excluding carboxylic acids is 3. The van der Waals surface area contributed by atoms with Gasteiger partial charge in [0.15, 0.2) is 5.78 Å². The lowest BCUT2D eigenvalue weighted by molar-refractivity contribution is -0.115. The summed E-state index contributed by atoms with van der Waals surface area (Å²) in [5.74, 6) is -0.159. The molecule has 18 heavy (non-hydrogen) atoms. The maximum Gasteiger partial charge on any atom is 0.438 e. The molecule has 1 rings (SSSR count). The van der Waals surface area contributed by atoms with E-state index in [4.69, 9.17) is 9.47 Å². The number of carbonyl (C=O) groups is 3. The third kappa shape index (κ3) is 3.47. The fourth-order valence-corrected chi connectivity index (χ4v) is 1.37. The van der Waals surface area contributed by atoms with Crippen molar-refractivity contribution in [1.82, 2.24) is 10.4 Å². The quantitative estimate of drug-likeness (QED) is 0.764. The van der Waals surface area contributed by atoms with Crippen molar-refractivity contribution in [2.24, 2.45) is 0 Å². The van der Waals surface area contributed by atoms with Crippen LogP contribution in [0.4, 0.5) is 9.59 Å². The van der Waals surface area contributed by atoms with Crippen LogP contribution in [0, 0.1) is 0 Å². The van der Waals surface area contributed by atoms with Crippen molar-refractivity contribution in [1.29, 1.82) is 0 Å². The largest absolute Gasteiger partial charge is 0.448 e. The third-order valence-corrected chi connectivity index (χ3v) is 2.15. The highest BCUT2D eigenvalue weighted by Crippen LogP contribution is 2.12. The van der Waals surface area contributed by atoms with Crippen LogP contribution in [-0.2, 0) is 14.3 Å². The fraction of sp³-hybridized carbons (Fsp3) is 0.545. The number of rotatable bonds is 4. The predicted octanol–water partition coefficient (Wildman–Crippen LogP) is 1.35. The zero-order chi connectivity index (χ0) is 13.5. The second-order valence-electron chi connectivity index (χ2n) is 3.42. The third-order valence-electron chi connectivity index (χ3n) is 2.15. The van der Waals surface area contributed by atoms with Gasteiger partial charge in [0.25, 0.3) is 0 Å². The van der Waals surface area contributed by atoms with Crippen molar-refractivity contribution in [3.8, 4) is 0 Å². The molecule has 0 radical (unpaired) electrons. The summed E-state index contributed by atoms with van der Waals surface area (Å²) in [4.78, 5) is 34.5. The van der Waals surface area contributed by atoms with E-state index < -0.39 is 12.2 Å². The zero-order valence-electron chi connectivity index (χ0n) is 10.4. The minimum atomic E-state index is -0.906. The molecule has 0 aromatic rings. The molecule has 0 saturated heterocycles. The molecule has 1 aliphatic rings. The molecule has 0 spiro atoms. The van der Waals surface area contributed by atoms with Crippen molar-refractivity contribution >= 4 is 18.0 Å². The monoisotopic (exact) mass is 256 g/mol. The first kappa shape index (κ1) is 14.0. The Labute approximate surface area is 105 Å². The molecule has 0 aromatic carbocycles. The van der Waals surface area contributed by atoms with Gasteiger partial charge >= 0.3 is 12.2 Å². The normalized spacial score (nSPS) is 13.9. The number of ketones is 1. The summed E-state index contributed by atoms with van der Waals surface area (Å²) in [6.07, 6.45) is 0.754. The number of hydrazine groups is 1. The summed E-state index contributed by atoms with van der Waals surface area (Å²) in [7, 11) is 0. The number of allylic oxidation sites excluding steroid dienone is 2. The molecule has 1 aliphatic carbocycles. The summed E-state index contributed by atoms with van der Waals surface area (Å²) in [6, 6.07) is 0. The van der Waals surface area contributed by atoms with Crippen molar-refractivity contribution < 1.29 is 23.9 Å². The molecule has 2 amide bonds. The summed E-state index contributed by atoms with van der Waals surface area (Å²) >= 11 is 0. The van der Waals surface area contributed by atoms with Gasteiger partial charge in [-0.05, 0) is 20.3 Å². The minimum Gasteiger partial charge on any atom is -0.448 e. The number of hydrogen-bond acceptors (Lipinski definition) is 6. The van der Waals surface area contributed by atoms with E-state index >= 15 is 0 Å². The Morgan fingerprint density at radius 1 is 1.28 bits per heavy atom. The van der Waals surface area contributed by atoms with Crippen molar-refractivity contribution in [3.63, 3.8) is 0 Å². The molecule has 0 aliphatic heterocycles. The molecule has 0 bridgehead atoms. The van der Waals surface area contributed by atoms with E-state index in [2.05, 4.69) is 5.43 Å². The molecule has 0 unspecified atom stereocenters. The van der Waals surface area contributed by atoms with Crippen molar-refractivity contribution in [2.45, 2.75) is 26.7 Å². The zero-order valence-corrected chi connectivity index (χ0v) is 10.4. The Kier molecular flexibility index (Phi) is 5.16. The maximum atomic E-state index is 11.6. The van der Waals surface area contributed by atoms with Crippen LogP contribution in [0.2, 0.25) is 0 Å². The summed E-state index contributed by atoms with van der Waals surface area (Å²) in [5, 5.41) is 0.558. The van der Waals surface area contributed by atoms with Gasteiger partial charge in [-0.2, -0.15) is 0 Å². The Hall–Kier alpha value is -2.05. The molecule has 100 valence electrons. The average Bonchev–Trinajstić information content (AvgIpc) is 2.72. The van der Waals surface area contributed by atoms with Gasteiger partial charge in [-0.15, -0.1) is 5.01 Å². The first-order chi connectivity index (χ1) is 8.60. The molecule has 0 aromatic heterocycles. The second-order valence-corrected chi connectivity index (χ2v) is 3.42. The first-order valence-corrected chi connectivity index (χ1v) is 5.73. The number of amides is 2. The van der Waals surface area contributed by atoms with Gasteiger partial charge in [-0.1, -0.05) is 6.08 Å². The summed E-state index contributed by atoms with van der Waals surface area (Å²) in [6.45, 7) is 3.45. The topological polar surface area (TPSA) is 84.9 Å². The molecule has 7 nitrogen and oxygen atoms in total. The van der Waals surface area contributed by atoms with Crippen LogP contribution in [0.15, 0.2) is 11.8 Å². The lowest BCUT2D eigenvalue weighted by atomic mass is 10.3. The highest BCUT2D eigenvalue weighted by atomic mass is 16.6. The number of Topliss-reactive ketones (excluding diaryl/α,β-unsaturated/α-hetero) is 1. The van der Waals surface area contributed by atoms with E-state index in [1.54, 1.807) is 19.9 Å². The first-order valence-electron chi connectivity index (χ1n) is 5.73. The van der Waals surface area contributed by atoms with Gasteiger partial charge in [0, 0.05) is 6.42 Å². The Morgan fingerprint density at radius 3 is 2.22 bits per heavy atom. The van der Waals surface area contributed by atoms with Crippen LogP contribution in [0.3, 0.4) is 0 Å². The Balaban J connectivity index is 2.73. The SMILES string of the molecule is CCOC(=O)N(NC1=CCCC1=O)C(=O)OCC. The average molecular weight is 256 g/mol. The lowest BCUT2D eigenvalue weighted by Crippen LogP contribution is -2.48.